The van der Waals surface area contributed by atoms with E-state index in [-0.39, 0.29) is 24.1 Å². The van der Waals surface area contributed by atoms with Gasteiger partial charge in [-0.25, -0.2) is 4.98 Å². The minimum atomic E-state index is -0.280. The molecule has 1 heterocycles. The summed E-state index contributed by atoms with van der Waals surface area (Å²) in [4.78, 5) is 31.6. The molecular formula is C24H35N3O5. The van der Waals surface area contributed by atoms with Gasteiger partial charge in [-0.15, -0.1) is 0 Å². The van der Waals surface area contributed by atoms with Gasteiger partial charge in [0.25, 0.3) is 11.8 Å². The van der Waals surface area contributed by atoms with Crippen LogP contribution in [0.1, 0.15) is 67.3 Å². The Morgan fingerprint density at radius 1 is 1.09 bits per heavy atom. The first-order valence-electron chi connectivity index (χ1n) is 11.0. The fourth-order valence-electron chi connectivity index (χ4n) is 3.03. The van der Waals surface area contributed by atoms with Crippen LogP contribution in [0.2, 0.25) is 0 Å². The van der Waals surface area contributed by atoms with E-state index in [0.29, 0.717) is 47.9 Å². The Bertz CT molecular complexity index is 892. The number of benzene rings is 1. The molecule has 2 rings (SSSR count). The fourth-order valence-corrected chi connectivity index (χ4v) is 3.03. The number of hydrogen-bond acceptors (Lipinski definition) is 6. The number of carbonyl (C=O) groups is 2. The van der Waals surface area contributed by atoms with Gasteiger partial charge in [0, 0.05) is 19.2 Å². The normalized spacial score (nSPS) is 11.0. The molecule has 0 saturated heterocycles. The lowest BCUT2D eigenvalue weighted by Crippen LogP contribution is -2.32. The Morgan fingerprint density at radius 2 is 1.81 bits per heavy atom. The molecule has 8 heteroatoms. The van der Waals surface area contributed by atoms with E-state index < -0.39 is 0 Å². The SMILES string of the molecule is COc1ccc(C(=O)N(CCC(C)C)Cc2nc(C(=O)NCCC(C)C)co2)c(OC)c1. The van der Waals surface area contributed by atoms with Crippen LogP contribution < -0.4 is 14.8 Å². The third-order valence-corrected chi connectivity index (χ3v) is 5.02. The van der Waals surface area contributed by atoms with Crippen molar-refractivity contribution >= 4 is 11.8 Å². The van der Waals surface area contributed by atoms with Crippen molar-refractivity contribution in [2.24, 2.45) is 11.8 Å². The number of amides is 2. The molecule has 1 aromatic heterocycles. The average Bonchev–Trinajstić information content (AvgIpc) is 3.24. The molecule has 0 bridgehead atoms. The van der Waals surface area contributed by atoms with E-state index in [0.717, 1.165) is 12.8 Å². The number of methoxy groups -OCH3 is 2. The van der Waals surface area contributed by atoms with E-state index in [1.165, 1.54) is 13.4 Å². The molecule has 176 valence electrons. The zero-order chi connectivity index (χ0) is 23.7. The molecule has 0 radical (unpaired) electrons. The first-order chi connectivity index (χ1) is 15.2. The number of carbonyl (C=O) groups excluding carboxylic acids is 2. The van der Waals surface area contributed by atoms with Crippen LogP contribution in [0, 0.1) is 11.8 Å². The summed E-state index contributed by atoms with van der Waals surface area (Å²) in [5.41, 5.74) is 0.636. The summed E-state index contributed by atoms with van der Waals surface area (Å²) in [5.74, 6) is 1.77. The largest absolute Gasteiger partial charge is 0.497 e. The number of nitrogens with zero attached hydrogens (tertiary/aromatic N) is 2. The van der Waals surface area contributed by atoms with Crippen LogP contribution in [0.3, 0.4) is 0 Å². The molecule has 0 unspecified atom stereocenters. The van der Waals surface area contributed by atoms with Crippen molar-refractivity contribution in [3.8, 4) is 11.5 Å². The minimum Gasteiger partial charge on any atom is -0.497 e. The predicted molar refractivity (Wildman–Crippen MR) is 122 cm³/mol. The summed E-state index contributed by atoms with van der Waals surface area (Å²) in [5, 5.41) is 2.84. The molecule has 2 amide bonds. The molecule has 0 atom stereocenters. The van der Waals surface area contributed by atoms with Gasteiger partial charge >= 0.3 is 0 Å². The summed E-state index contributed by atoms with van der Waals surface area (Å²) in [6, 6.07) is 5.09. The summed E-state index contributed by atoms with van der Waals surface area (Å²) in [6.07, 6.45) is 3.03. The highest BCUT2D eigenvalue weighted by Crippen LogP contribution is 2.26. The molecule has 0 aliphatic heterocycles. The lowest BCUT2D eigenvalue weighted by atomic mass is 10.1. The molecule has 0 spiro atoms. The highest BCUT2D eigenvalue weighted by atomic mass is 16.5. The molecule has 8 nitrogen and oxygen atoms in total. The van der Waals surface area contributed by atoms with Gasteiger partial charge in [-0.05, 0) is 36.8 Å². The summed E-state index contributed by atoms with van der Waals surface area (Å²) in [6.45, 7) is 9.64. The summed E-state index contributed by atoms with van der Waals surface area (Å²) in [7, 11) is 3.08. The van der Waals surface area contributed by atoms with Crippen LogP contribution in [-0.2, 0) is 6.54 Å². The number of oxazole rings is 1. The topological polar surface area (TPSA) is 93.9 Å². The standard InChI is InChI=1S/C24H35N3O5/c1-16(2)9-11-25-23(28)20-15-32-22(26-20)14-27(12-10-17(3)4)24(29)19-8-7-18(30-5)13-21(19)31-6/h7-8,13,15-17H,9-12,14H2,1-6H3,(H,25,28). The molecule has 1 aromatic carbocycles. The number of nitrogens with one attached hydrogen (secondary N) is 1. The molecule has 0 aliphatic rings. The van der Waals surface area contributed by atoms with Crippen molar-refractivity contribution in [3.05, 3.63) is 41.6 Å². The van der Waals surface area contributed by atoms with Crippen molar-refractivity contribution < 1.29 is 23.5 Å². The average molecular weight is 446 g/mol. The van der Waals surface area contributed by atoms with Crippen molar-refractivity contribution in [1.82, 2.24) is 15.2 Å². The van der Waals surface area contributed by atoms with E-state index in [9.17, 15) is 9.59 Å². The van der Waals surface area contributed by atoms with Gasteiger partial charge in [0.1, 0.15) is 17.8 Å². The van der Waals surface area contributed by atoms with Gasteiger partial charge in [0.05, 0.1) is 26.3 Å². The summed E-state index contributed by atoms with van der Waals surface area (Å²) < 4.78 is 16.1. The van der Waals surface area contributed by atoms with Crippen LogP contribution in [0.25, 0.3) is 0 Å². The van der Waals surface area contributed by atoms with Gasteiger partial charge in [-0.3, -0.25) is 9.59 Å². The summed E-state index contributed by atoms with van der Waals surface area (Å²) >= 11 is 0. The van der Waals surface area contributed by atoms with Gasteiger partial charge in [0.15, 0.2) is 5.69 Å². The maximum atomic E-state index is 13.3. The fraction of sp³-hybridized carbons (Fsp3) is 0.542. The van der Waals surface area contributed by atoms with Crippen molar-refractivity contribution in [1.29, 1.82) is 0 Å². The maximum Gasteiger partial charge on any atom is 0.273 e. The molecular weight excluding hydrogens is 410 g/mol. The van der Waals surface area contributed by atoms with Crippen molar-refractivity contribution in [2.45, 2.75) is 47.1 Å². The zero-order valence-electron chi connectivity index (χ0n) is 19.9. The molecule has 0 saturated carbocycles. The van der Waals surface area contributed by atoms with Crippen molar-refractivity contribution in [2.75, 3.05) is 27.3 Å². The Hall–Kier alpha value is -3.03. The zero-order valence-corrected chi connectivity index (χ0v) is 19.9. The molecule has 32 heavy (non-hydrogen) atoms. The van der Waals surface area contributed by atoms with E-state index in [1.807, 2.05) is 0 Å². The predicted octanol–water partition coefficient (Wildman–Crippen LogP) is 4.16. The Balaban J connectivity index is 2.17. The quantitative estimate of drug-likeness (QED) is 0.527. The monoisotopic (exact) mass is 445 g/mol. The maximum absolute atomic E-state index is 13.3. The van der Waals surface area contributed by atoms with E-state index in [4.69, 9.17) is 13.9 Å². The lowest BCUT2D eigenvalue weighted by Gasteiger charge is -2.23. The first kappa shape index (κ1) is 25.2. The second-order valence-corrected chi connectivity index (χ2v) is 8.54. The van der Waals surface area contributed by atoms with Gasteiger partial charge in [-0.2, -0.15) is 0 Å². The van der Waals surface area contributed by atoms with Crippen molar-refractivity contribution in [3.63, 3.8) is 0 Å². The highest BCUT2D eigenvalue weighted by molar-refractivity contribution is 5.97. The Labute approximate surface area is 190 Å². The Kier molecular flexibility index (Phi) is 9.56. The number of aromatic nitrogens is 1. The highest BCUT2D eigenvalue weighted by Gasteiger charge is 2.23. The smallest absolute Gasteiger partial charge is 0.273 e. The second kappa shape index (κ2) is 12.1. The minimum absolute atomic E-state index is 0.153. The molecule has 0 aliphatic carbocycles. The van der Waals surface area contributed by atoms with Gasteiger partial charge in [0.2, 0.25) is 5.89 Å². The number of ether oxygens (including phenoxy) is 2. The van der Waals surface area contributed by atoms with Gasteiger partial charge < -0.3 is 24.1 Å². The third kappa shape index (κ3) is 7.28. The third-order valence-electron chi connectivity index (χ3n) is 5.02. The van der Waals surface area contributed by atoms with Crippen LogP contribution in [0.15, 0.2) is 28.9 Å². The second-order valence-electron chi connectivity index (χ2n) is 8.54. The van der Waals surface area contributed by atoms with Crippen LogP contribution in [0.4, 0.5) is 0 Å². The molecule has 1 N–H and O–H groups in total. The lowest BCUT2D eigenvalue weighted by molar-refractivity contribution is 0.0716. The van der Waals surface area contributed by atoms with Crippen LogP contribution >= 0.6 is 0 Å². The number of rotatable bonds is 12. The number of hydrogen-bond donors (Lipinski definition) is 1. The first-order valence-corrected chi connectivity index (χ1v) is 11.0. The molecule has 2 aromatic rings. The van der Waals surface area contributed by atoms with Crippen LogP contribution in [0.5, 0.6) is 11.5 Å². The van der Waals surface area contributed by atoms with E-state index in [1.54, 1.807) is 30.2 Å². The van der Waals surface area contributed by atoms with Crippen LogP contribution in [-0.4, -0.2) is 49.0 Å². The van der Waals surface area contributed by atoms with E-state index in [2.05, 4.69) is 38.0 Å². The van der Waals surface area contributed by atoms with Gasteiger partial charge in [-0.1, -0.05) is 27.7 Å². The van der Waals surface area contributed by atoms with E-state index >= 15 is 0 Å². The molecule has 0 fully saturated rings. The Morgan fingerprint density at radius 3 is 2.44 bits per heavy atom.